The topological polar surface area (TPSA) is 93.8 Å². The zero-order valence-corrected chi connectivity index (χ0v) is 16.3. The number of carbonyl (C=O) groups is 2. The molecule has 1 N–H and O–H groups in total. The number of allylic oxidation sites excluding steroid dienone is 1. The van der Waals surface area contributed by atoms with Crippen molar-refractivity contribution in [2.45, 2.75) is 19.8 Å². The Morgan fingerprint density at radius 2 is 2.18 bits per heavy atom. The first-order valence-electron chi connectivity index (χ1n) is 8.90. The number of furan rings is 1. The maximum Gasteiger partial charge on any atom is 0.258 e. The highest BCUT2D eigenvalue weighted by atomic mass is 32.1. The number of carbonyl (C=O) groups excluding carboxylic acids is 2. The summed E-state index contributed by atoms with van der Waals surface area (Å²) in [5.41, 5.74) is 0.782. The van der Waals surface area contributed by atoms with E-state index in [1.165, 1.54) is 12.5 Å². The van der Waals surface area contributed by atoms with Gasteiger partial charge < -0.3 is 9.15 Å². The standard InChI is InChI=1S/C20H21N3O4S/c1-3-5-14(12-21-2)19(25)23-20-22-16(15-6-4-9-27-15)18(28-20)17(24)13-7-10-26-11-8-13/h3-6,9,12-13H,2,7-8,10-11H2,1H3,(H,22,23,25)/b5-3-,14-12+. The second-order valence-corrected chi connectivity index (χ2v) is 7.15. The molecule has 7 nitrogen and oxygen atoms in total. The van der Waals surface area contributed by atoms with Gasteiger partial charge in [0.15, 0.2) is 16.7 Å². The number of nitrogens with zero attached hydrogens (tertiary/aromatic N) is 2. The fraction of sp³-hybridized carbons (Fsp3) is 0.300. The molecule has 0 aliphatic carbocycles. The van der Waals surface area contributed by atoms with Crippen molar-refractivity contribution in [2.24, 2.45) is 10.9 Å². The van der Waals surface area contributed by atoms with E-state index in [1.807, 2.05) is 0 Å². The minimum absolute atomic E-state index is 0.00433. The average Bonchev–Trinajstić information content (AvgIpc) is 3.37. The van der Waals surface area contributed by atoms with Gasteiger partial charge in [0.1, 0.15) is 10.6 Å². The number of ether oxygens (including phenoxy) is 1. The van der Waals surface area contributed by atoms with Crippen LogP contribution in [-0.2, 0) is 9.53 Å². The summed E-state index contributed by atoms with van der Waals surface area (Å²) in [6.45, 7) is 6.32. The summed E-state index contributed by atoms with van der Waals surface area (Å²) in [4.78, 5) is 34.1. The fourth-order valence-electron chi connectivity index (χ4n) is 2.89. The van der Waals surface area contributed by atoms with Gasteiger partial charge in [-0.25, -0.2) is 4.98 Å². The predicted molar refractivity (Wildman–Crippen MR) is 109 cm³/mol. The third-order valence-corrected chi connectivity index (χ3v) is 5.24. The number of aliphatic imine (C=N–C) groups is 1. The van der Waals surface area contributed by atoms with Crippen molar-refractivity contribution in [3.63, 3.8) is 0 Å². The molecule has 0 unspecified atom stereocenters. The predicted octanol–water partition coefficient (Wildman–Crippen LogP) is 4.11. The van der Waals surface area contributed by atoms with Gasteiger partial charge in [0.25, 0.3) is 5.91 Å². The van der Waals surface area contributed by atoms with Crippen LogP contribution >= 0.6 is 11.3 Å². The highest BCUT2D eigenvalue weighted by molar-refractivity contribution is 7.18. The Morgan fingerprint density at radius 1 is 1.39 bits per heavy atom. The van der Waals surface area contributed by atoms with E-state index in [2.05, 4.69) is 22.0 Å². The van der Waals surface area contributed by atoms with Crippen molar-refractivity contribution in [3.05, 3.63) is 47.2 Å². The van der Waals surface area contributed by atoms with Crippen molar-refractivity contribution in [1.82, 2.24) is 4.98 Å². The Kier molecular flexibility index (Phi) is 6.67. The maximum atomic E-state index is 13.1. The number of anilines is 1. The third-order valence-electron chi connectivity index (χ3n) is 4.26. The second-order valence-electron chi connectivity index (χ2n) is 6.15. The minimum Gasteiger partial charge on any atom is -0.463 e. The number of thiazole rings is 1. The summed E-state index contributed by atoms with van der Waals surface area (Å²) in [6.07, 6.45) is 7.60. The van der Waals surface area contributed by atoms with Crippen LogP contribution in [0.25, 0.3) is 11.5 Å². The van der Waals surface area contributed by atoms with E-state index in [4.69, 9.17) is 9.15 Å². The van der Waals surface area contributed by atoms with E-state index in [0.29, 0.717) is 53.1 Å². The SMILES string of the molecule is C=N/C=C(\C=C/C)C(=O)Nc1nc(-c2ccco2)c(C(=O)C2CCOCC2)s1. The Morgan fingerprint density at radius 3 is 2.82 bits per heavy atom. The van der Waals surface area contributed by atoms with Crippen molar-refractivity contribution >= 4 is 34.9 Å². The molecule has 0 spiro atoms. The van der Waals surface area contributed by atoms with E-state index in [1.54, 1.807) is 31.2 Å². The van der Waals surface area contributed by atoms with E-state index >= 15 is 0 Å². The number of ketones is 1. The number of nitrogens with one attached hydrogen (secondary N) is 1. The van der Waals surface area contributed by atoms with E-state index in [0.717, 1.165) is 11.3 Å². The average molecular weight is 399 g/mol. The van der Waals surface area contributed by atoms with Gasteiger partial charge in [-0.15, -0.1) is 0 Å². The molecule has 3 rings (SSSR count). The van der Waals surface area contributed by atoms with Gasteiger partial charge in [0.2, 0.25) is 0 Å². The third kappa shape index (κ3) is 4.52. The van der Waals surface area contributed by atoms with Crippen LogP contribution < -0.4 is 5.32 Å². The lowest BCUT2D eigenvalue weighted by Gasteiger charge is -2.20. The number of hydrogen-bond acceptors (Lipinski definition) is 7. The molecule has 28 heavy (non-hydrogen) atoms. The Balaban J connectivity index is 1.91. The Labute approximate surface area is 166 Å². The number of hydrogen-bond donors (Lipinski definition) is 1. The van der Waals surface area contributed by atoms with Gasteiger partial charge in [-0.05, 0) is 38.6 Å². The molecule has 1 aliphatic heterocycles. The molecule has 0 saturated carbocycles. The molecule has 1 aliphatic rings. The Hall–Kier alpha value is -2.84. The zero-order valence-electron chi connectivity index (χ0n) is 15.5. The van der Waals surface area contributed by atoms with Crippen LogP contribution in [0.2, 0.25) is 0 Å². The summed E-state index contributed by atoms with van der Waals surface area (Å²) in [5.74, 6) is -0.000894. The highest BCUT2D eigenvalue weighted by Gasteiger charge is 2.29. The molecule has 2 aromatic heterocycles. The van der Waals surface area contributed by atoms with Crippen LogP contribution in [0.1, 0.15) is 29.4 Å². The first-order chi connectivity index (χ1) is 13.6. The van der Waals surface area contributed by atoms with E-state index in [9.17, 15) is 9.59 Å². The van der Waals surface area contributed by atoms with Gasteiger partial charge in [-0.1, -0.05) is 23.5 Å². The van der Waals surface area contributed by atoms with Gasteiger partial charge in [-0.3, -0.25) is 19.9 Å². The summed E-state index contributed by atoms with van der Waals surface area (Å²) < 4.78 is 10.8. The molecule has 3 heterocycles. The molecule has 1 saturated heterocycles. The number of rotatable bonds is 7. The van der Waals surface area contributed by atoms with Crippen molar-refractivity contribution in [3.8, 4) is 11.5 Å². The van der Waals surface area contributed by atoms with Gasteiger partial charge in [0, 0.05) is 25.3 Å². The maximum absolute atomic E-state index is 13.1. The largest absolute Gasteiger partial charge is 0.463 e. The van der Waals surface area contributed by atoms with Crippen LogP contribution in [-0.4, -0.2) is 36.6 Å². The highest BCUT2D eigenvalue weighted by Crippen LogP contribution is 2.35. The van der Waals surface area contributed by atoms with Crippen LogP contribution in [0.15, 0.2) is 51.7 Å². The molecule has 8 heteroatoms. The smallest absolute Gasteiger partial charge is 0.258 e. The van der Waals surface area contributed by atoms with Gasteiger partial charge in [0.05, 0.1) is 11.8 Å². The minimum atomic E-state index is -0.379. The molecule has 2 aromatic rings. The van der Waals surface area contributed by atoms with Crippen LogP contribution in [0.5, 0.6) is 0 Å². The Bertz CT molecular complexity index is 906. The number of amides is 1. The second kappa shape index (κ2) is 9.38. The molecule has 1 fully saturated rings. The summed E-state index contributed by atoms with van der Waals surface area (Å²) >= 11 is 1.15. The van der Waals surface area contributed by atoms with E-state index < -0.39 is 0 Å². The van der Waals surface area contributed by atoms with Crippen LogP contribution in [0, 0.1) is 5.92 Å². The molecule has 0 bridgehead atoms. The lowest BCUT2D eigenvalue weighted by Crippen LogP contribution is -2.23. The zero-order chi connectivity index (χ0) is 19.9. The summed E-state index contributed by atoms with van der Waals surface area (Å²) in [6, 6.07) is 3.48. The van der Waals surface area contributed by atoms with E-state index in [-0.39, 0.29) is 17.6 Å². The molecule has 1 amide bonds. The van der Waals surface area contributed by atoms with Crippen molar-refractivity contribution < 1.29 is 18.7 Å². The lowest BCUT2D eigenvalue weighted by molar-refractivity contribution is -0.112. The molecular formula is C20H21N3O4S. The molecule has 0 aromatic carbocycles. The summed E-state index contributed by atoms with van der Waals surface area (Å²) in [7, 11) is 0. The monoisotopic (exact) mass is 399 g/mol. The molecule has 0 radical (unpaired) electrons. The lowest BCUT2D eigenvalue weighted by atomic mass is 9.94. The normalized spacial score (nSPS) is 15.7. The van der Waals surface area contributed by atoms with Gasteiger partial charge in [-0.2, -0.15) is 0 Å². The number of Topliss-reactive ketones (excluding diaryl/α,β-unsaturated/α-hetero) is 1. The molecule has 146 valence electrons. The first kappa shape index (κ1) is 19.9. The van der Waals surface area contributed by atoms with Crippen molar-refractivity contribution in [1.29, 1.82) is 0 Å². The fourth-order valence-corrected chi connectivity index (χ4v) is 3.87. The van der Waals surface area contributed by atoms with Crippen molar-refractivity contribution in [2.75, 3.05) is 18.5 Å². The first-order valence-corrected chi connectivity index (χ1v) is 9.72. The van der Waals surface area contributed by atoms with Crippen LogP contribution in [0.4, 0.5) is 5.13 Å². The molecular weight excluding hydrogens is 378 g/mol. The number of aromatic nitrogens is 1. The summed E-state index contributed by atoms with van der Waals surface area (Å²) in [5, 5.41) is 3.06. The molecule has 0 atom stereocenters. The quantitative estimate of drug-likeness (QED) is 0.327. The van der Waals surface area contributed by atoms with Crippen LogP contribution in [0.3, 0.4) is 0 Å². The van der Waals surface area contributed by atoms with Gasteiger partial charge >= 0.3 is 0 Å².